The van der Waals surface area contributed by atoms with Crippen molar-refractivity contribution in [2.24, 2.45) is 0 Å². The normalized spacial score (nSPS) is 17.1. The molecule has 1 aromatic carbocycles. The van der Waals surface area contributed by atoms with Gasteiger partial charge in [-0.2, -0.15) is 0 Å². The highest BCUT2D eigenvalue weighted by atomic mass is 32.1. The van der Waals surface area contributed by atoms with E-state index in [0.29, 0.717) is 36.3 Å². The number of carbonyl (C=O) groups is 2. The van der Waals surface area contributed by atoms with Crippen LogP contribution in [-0.2, 0) is 33.8 Å². The summed E-state index contributed by atoms with van der Waals surface area (Å²) in [5.74, 6) is -0.888. The third-order valence-corrected chi connectivity index (χ3v) is 7.83. The lowest BCUT2D eigenvalue weighted by Gasteiger charge is -2.25. The number of carbonyl (C=O) groups excluding carboxylic acids is 2. The minimum absolute atomic E-state index is 0.0585. The van der Waals surface area contributed by atoms with Crippen LogP contribution in [0.1, 0.15) is 30.2 Å². The van der Waals surface area contributed by atoms with Crippen LogP contribution in [0.5, 0.6) is 0 Å². The van der Waals surface area contributed by atoms with E-state index in [4.69, 9.17) is 9.47 Å². The summed E-state index contributed by atoms with van der Waals surface area (Å²) in [4.78, 5) is 55.1. The Kier molecular flexibility index (Phi) is 7.11. The zero-order valence-corrected chi connectivity index (χ0v) is 21.1. The maximum absolute atomic E-state index is 13.7. The molecule has 37 heavy (non-hydrogen) atoms. The van der Waals surface area contributed by atoms with Gasteiger partial charge >= 0.3 is 11.8 Å². The summed E-state index contributed by atoms with van der Waals surface area (Å²) in [7, 11) is 0. The minimum Gasteiger partial charge on any atom is -0.450 e. The van der Waals surface area contributed by atoms with Gasteiger partial charge in [0.15, 0.2) is 0 Å². The number of fused-ring (bicyclic) bond motifs is 3. The van der Waals surface area contributed by atoms with Crippen LogP contribution in [0.4, 0.5) is 9.18 Å². The molecule has 196 valence electrons. The summed E-state index contributed by atoms with van der Waals surface area (Å²) in [5, 5.41) is 3.15. The van der Waals surface area contributed by atoms with E-state index in [1.54, 1.807) is 11.8 Å². The van der Waals surface area contributed by atoms with Crippen molar-refractivity contribution in [2.45, 2.75) is 45.4 Å². The highest BCUT2D eigenvalue weighted by Gasteiger charge is 2.29. The van der Waals surface area contributed by atoms with E-state index in [1.807, 2.05) is 0 Å². The summed E-state index contributed by atoms with van der Waals surface area (Å²) in [6.07, 6.45) is 1.69. The highest BCUT2D eigenvalue weighted by molar-refractivity contribution is 7.18. The fourth-order valence-corrected chi connectivity index (χ4v) is 6.11. The molecule has 0 unspecified atom stereocenters. The largest absolute Gasteiger partial charge is 0.450 e. The van der Waals surface area contributed by atoms with E-state index < -0.39 is 23.2 Å². The van der Waals surface area contributed by atoms with Crippen LogP contribution in [0.25, 0.3) is 15.9 Å². The van der Waals surface area contributed by atoms with Crippen LogP contribution in [0.2, 0.25) is 0 Å². The van der Waals surface area contributed by atoms with Crippen molar-refractivity contribution in [3.63, 3.8) is 0 Å². The first kappa shape index (κ1) is 25.2. The number of nitrogens with one attached hydrogen (secondary N) is 1. The quantitative estimate of drug-likeness (QED) is 0.523. The van der Waals surface area contributed by atoms with Gasteiger partial charge in [0.1, 0.15) is 17.2 Å². The van der Waals surface area contributed by atoms with Gasteiger partial charge in [-0.05, 0) is 56.0 Å². The van der Waals surface area contributed by atoms with Crippen LogP contribution < -0.4 is 16.6 Å². The van der Waals surface area contributed by atoms with Gasteiger partial charge < -0.3 is 19.7 Å². The Morgan fingerprint density at radius 1 is 1.24 bits per heavy atom. The van der Waals surface area contributed by atoms with Crippen LogP contribution >= 0.6 is 11.3 Å². The molecule has 12 heteroatoms. The maximum atomic E-state index is 13.7. The van der Waals surface area contributed by atoms with Gasteiger partial charge in [-0.1, -0.05) is 0 Å². The number of halogens is 1. The number of hydrogen-bond donors (Lipinski definition) is 1. The minimum atomic E-state index is -0.697. The van der Waals surface area contributed by atoms with E-state index in [9.17, 15) is 23.6 Å². The lowest BCUT2D eigenvalue weighted by molar-refractivity contribution is -0.122. The SMILES string of the molecule is CCOC(=O)N1CCc2c(sc3c2c(=O)n(-c2ccc(F)cc2)c(=O)n3CC(=O)NC[C@@H]2CCCO2)C1. The lowest BCUT2D eigenvalue weighted by atomic mass is 10.1. The molecule has 3 aromatic rings. The molecule has 0 bridgehead atoms. The molecule has 2 aliphatic rings. The first-order valence-electron chi connectivity index (χ1n) is 12.2. The van der Waals surface area contributed by atoms with Crippen molar-refractivity contribution in [2.75, 3.05) is 26.3 Å². The summed E-state index contributed by atoms with van der Waals surface area (Å²) in [5.41, 5.74) is -0.285. The summed E-state index contributed by atoms with van der Waals surface area (Å²) in [6, 6.07) is 5.05. The standard InChI is InChI=1S/C25H27FN4O6S/c1-2-35-25(34)28-10-9-18-19(13-28)37-23-21(18)22(32)30(16-7-5-15(26)6-8-16)24(33)29(23)14-20(31)27-12-17-4-3-11-36-17/h5-8,17H,2-4,9-14H2,1H3,(H,27,31)/t17-/m0/s1. The van der Waals surface area contributed by atoms with Crippen LogP contribution in [0, 0.1) is 5.82 Å². The Labute approximate surface area is 215 Å². The zero-order valence-electron chi connectivity index (χ0n) is 20.3. The fraction of sp³-hybridized carbons (Fsp3) is 0.440. The van der Waals surface area contributed by atoms with Gasteiger partial charge in [0.2, 0.25) is 5.91 Å². The molecule has 0 aliphatic carbocycles. The third kappa shape index (κ3) is 4.90. The molecule has 1 N–H and O–H groups in total. The molecule has 2 amide bonds. The molecule has 2 aliphatic heterocycles. The fourth-order valence-electron chi connectivity index (χ4n) is 4.77. The van der Waals surface area contributed by atoms with Crippen molar-refractivity contribution in [1.29, 1.82) is 0 Å². The van der Waals surface area contributed by atoms with E-state index >= 15 is 0 Å². The molecule has 0 spiro atoms. The van der Waals surface area contributed by atoms with E-state index in [1.165, 1.54) is 40.2 Å². The Hall–Kier alpha value is -3.51. The Bertz CT molecular complexity index is 1460. The monoisotopic (exact) mass is 530 g/mol. The average molecular weight is 531 g/mol. The van der Waals surface area contributed by atoms with Crippen molar-refractivity contribution >= 4 is 33.6 Å². The molecule has 1 atom stereocenters. The topological polar surface area (TPSA) is 112 Å². The lowest BCUT2D eigenvalue weighted by Crippen LogP contribution is -2.42. The second kappa shape index (κ2) is 10.5. The van der Waals surface area contributed by atoms with Gasteiger partial charge in [0.05, 0.1) is 30.3 Å². The second-order valence-electron chi connectivity index (χ2n) is 8.98. The van der Waals surface area contributed by atoms with Gasteiger partial charge in [-0.3, -0.25) is 14.2 Å². The smallest absolute Gasteiger partial charge is 0.410 e. The van der Waals surface area contributed by atoms with Crippen LogP contribution in [-0.4, -0.2) is 58.4 Å². The number of thiophene rings is 1. The number of ether oxygens (including phenoxy) is 2. The molecule has 0 radical (unpaired) electrons. The van der Waals surface area contributed by atoms with Crippen molar-refractivity contribution < 1.29 is 23.5 Å². The number of aromatic nitrogens is 2. The summed E-state index contributed by atoms with van der Waals surface area (Å²) < 4.78 is 26.5. The predicted molar refractivity (Wildman–Crippen MR) is 135 cm³/mol. The Morgan fingerprint density at radius 3 is 2.73 bits per heavy atom. The maximum Gasteiger partial charge on any atom is 0.410 e. The number of amides is 2. The van der Waals surface area contributed by atoms with Crippen molar-refractivity contribution in [3.05, 3.63) is 61.4 Å². The Morgan fingerprint density at radius 2 is 2.03 bits per heavy atom. The first-order chi connectivity index (χ1) is 17.9. The summed E-state index contributed by atoms with van der Waals surface area (Å²) >= 11 is 1.22. The zero-order chi connectivity index (χ0) is 26.1. The van der Waals surface area contributed by atoms with E-state index in [2.05, 4.69) is 5.32 Å². The molecule has 0 saturated carbocycles. The number of benzene rings is 1. The van der Waals surface area contributed by atoms with Crippen LogP contribution in [0.3, 0.4) is 0 Å². The molecular formula is C25H27FN4O6S. The van der Waals surface area contributed by atoms with Crippen molar-refractivity contribution in [3.8, 4) is 5.69 Å². The molecule has 10 nitrogen and oxygen atoms in total. The van der Waals surface area contributed by atoms with Crippen LogP contribution in [0.15, 0.2) is 33.9 Å². The van der Waals surface area contributed by atoms with Gasteiger partial charge in [-0.25, -0.2) is 18.5 Å². The molecular weight excluding hydrogens is 503 g/mol. The third-order valence-electron chi connectivity index (χ3n) is 6.59. The highest BCUT2D eigenvalue weighted by Crippen LogP contribution is 2.33. The van der Waals surface area contributed by atoms with Crippen molar-refractivity contribution in [1.82, 2.24) is 19.4 Å². The second-order valence-corrected chi connectivity index (χ2v) is 10.1. The molecule has 4 heterocycles. The number of hydrogen-bond acceptors (Lipinski definition) is 7. The molecule has 5 rings (SSSR count). The number of rotatable bonds is 6. The van der Waals surface area contributed by atoms with E-state index in [0.717, 1.165) is 27.8 Å². The average Bonchev–Trinajstić information content (AvgIpc) is 3.54. The van der Waals surface area contributed by atoms with Gasteiger partial charge in [0, 0.05) is 24.6 Å². The van der Waals surface area contributed by atoms with Gasteiger partial charge in [0.25, 0.3) is 5.56 Å². The first-order valence-corrected chi connectivity index (χ1v) is 13.0. The molecule has 2 aromatic heterocycles. The molecule has 1 fully saturated rings. The predicted octanol–water partition coefficient (Wildman–Crippen LogP) is 2.16. The molecule has 1 saturated heterocycles. The Balaban J connectivity index is 1.58. The number of nitrogens with zero attached hydrogens (tertiary/aromatic N) is 3. The summed E-state index contributed by atoms with van der Waals surface area (Å²) in [6.45, 7) is 3.27. The van der Waals surface area contributed by atoms with Gasteiger partial charge in [-0.15, -0.1) is 11.3 Å². The van der Waals surface area contributed by atoms with E-state index in [-0.39, 0.29) is 37.4 Å².